The minimum Gasteiger partial charge on any atom is -0.497 e. The lowest BCUT2D eigenvalue weighted by Gasteiger charge is -2.09. The molecule has 5 nitrogen and oxygen atoms in total. The zero-order valence-corrected chi connectivity index (χ0v) is 13.6. The molecule has 6 heteroatoms. The van der Waals surface area contributed by atoms with Crippen molar-refractivity contribution in [1.29, 1.82) is 0 Å². The van der Waals surface area contributed by atoms with Crippen LogP contribution in [0.5, 0.6) is 5.75 Å². The number of aromatic carboxylic acids is 1. The molecule has 0 aliphatic heterocycles. The zero-order chi connectivity index (χ0) is 16.8. The van der Waals surface area contributed by atoms with Crippen molar-refractivity contribution in [3.05, 3.63) is 53.6 Å². The highest BCUT2D eigenvalue weighted by molar-refractivity contribution is 7.99. The molecule has 0 atom stereocenters. The van der Waals surface area contributed by atoms with E-state index in [2.05, 4.69) is 0 Å². The predicted octanol–water partition coefficient (Wildman–Crippen LogP) is 3.72. The molecule has 0 spiro atoms. The summed E-state index contributed by atoms with van der Waals surface area (Å²) in [6.45, 7) is 1.94. The van der Waals surface area contributed by atoms with E-state index in [0.29, 0.717) is 4.90 Å². The summed E-state index contributed by atoms with van der Waals surface area (Å²) in [6, 6.07) is 11.8. The first-order chi connectivity index (χ1) is 11.0. The molecule has 2 aromatic rings. The summed E-state index contributed by atoms with van der Waals surface area (Å²) in [4.78, 5) is 24.6. The molecular weight excluding hydrogens is 316 g/mol. The second-order valence-corrected chi connectivity index (χ2v) is 5.63. The van der Waals surface area contributed by atoms with Crippen LogP contribution in [0.1, 0.15) is 27.6 Å². The van der Waals surface area contributed by atoms with Crippen LogP contribution in [0.25, 0.3) is 0 Å². The summed E-state index contributed by atoms with van der Waals surface area (Å²) in [7, 11) is 1.58. The lowest BCUT2D eigenvalue weighted by Crippen LogP contribution is -2.07. The molecule has 0 saturated heterocycles. The minimum absolute atomic E-state index is 0.0661. The number of methoxy groups -OCH3 is 1. The van der Waals surface area contributed by atoms with Crippen LogP contribution in [0.3, 0.4) is 0 Å². The Morgan fingerprint density at radius 2 is 1.83 bits per heavy atom. The number of ether oxygens (including phenoxy) is 2. The van der Waals surface area contributed by atoms with Crippen molar-refractivity contribution in [3.8, 4) is 5.75 Å². The lowest BCUT2D eigenvalue weighted by atomic mass is 10.1. The topological polar surface area (TPSA) is 72.8 Å². The molecule has 0 amide bonds. The Bertz CT molecular complexity index is 709. The standard InChI is InChI=1S/C17H16O5S/c1-3-22-17(20)11-4-9-15(14(10-11)16(18)19)23-13-7-5-12(21-2)6-8-13/h4-10H,3H2,1-2H3,(H,18,19). The third kappa shape index (κ3) is 4.26. The maximum Gasteiger partial charge on any atom is 0.338 e. The Labute approximate surface area is 138 Å². The third-order valence-corrected chi connectivity index (χ3v) is 4.09. The summed E-state index contributed by atoms with van der Waals surface area (Å²) in [6.07, 6.45) is 0. The van der Waals surface area contributed by atoms with E-state index < -0.39 is 11.9 Å². The Morgan fingerprint density at radius 3 is 2.39 bits per heavy atom. The molecular formula is C17H16O5S. The number of hydrogen-bond acceptors (Lipinski definition) is 5. The van der Waals surface area contributed by atoms with Crippen LogP contribution < -0.4 is 4.74 Å². The second kappa shape index (κ2) is 7.69. The van der Waals surface area contributed by atoms with Gasteiger partial charge in [0.2, 0.25) is 0 Å². The van der Waals surface area contributed by atoms with Crippen LogP contribution >= 0.6 is 11.8 Å². The molecule has 120 valence electrons. The van der Waals surface area contributed by atoms with Gasteiger partial charge in [0.25, 0.3) is 0 Å². The largest absolute Gasteiger partial charge is 0.497 e. The van der Waals surface area contributed by atoms with Crippen molar-refractivity contribution in [2.75, 3.05) is 13.7 Å². The van der Waals surface area contributed by atoms with Crippen molar-refractivity contribution >= 4 is 23.7 Å². The third-order valence-electron chi connectivity index (χ3n) is 3.01. The smallest absolute Gasteiger partial charge is 0.338 e. The quantitative estimate of drug-likeness (QED) is 0.813. The fourth-order valence-corrected chi connectivity index (χ4v) is 2.82. The van der Waals surface area contributed by atoms with Crippen LogP contribution in [0.15, 0.2) is 52.3 Å². The first kappa shape index (κ1) is 16.9. The van der Waals surface area contributed by atoms with Crippen LogP contribution in [0, 0.1) is 0 Å². The number of carbonyl (C=O) groups is 2. The van der Waals surface area contributed by atoms with Crippen molar-refractivity contribution in [2.24, 2.45) is 0 Å². The number of rotatable bonds is 6. The molecule has 0 bridgehead atoms. The fraction of sp³-hybridized carbons (Fsp3) is 0.176. The highest BCUT2D eigenvalue weighted by atomic mass is 32.2. The molecule has 0 aliphatic carbocycles. The van der Waals surface area contributed by atoms with Crippen molar-refractivity contribution in [1.82, 2.24) is 0 Å². The van der Waals surface area contributed by atoms with Gasteiger partial charge in [-0.15, -0.1) is 0 Å². The molecule has 0 unspecified atom stereocenters. The maximum atomic E-state index is 11.7. The number of carbonyl (C=O) groups excluding carboxylic acids is 1. The Hall–Kier alpha value is -2.47. The summed E-state index contributed by atoms with van der Waals surface area (Å²) in [5.41, 5.74) is 0.291. The Kier molecular flexibility index (Phi) is 5.65. The van der Waals surface area contributed by atoms with E-state index >= 15 is 0 Å². The summed E-state index contributed by atoms with van der Waals surface area (Å²) in [5.74, 6) is -0.895. The van der Waals surface area contributed by atoms with Crippen LogP contribution in [0.2, 0.25) is 0 Å². The zero-order valence-electron chi connectivity index (χ0n) is 12.7. The summed E-state index contributed by atoms with van der Waals surface area (Å²) < 4.78 is 9.99. The van der Waals surface area contributed by atoms with E-state index in [-0.39, 0.29) is 17.7 Å². The molecule has 2 rings (SSSR count). The number of carboxylic acid groups (broad SMARTS) is 1. The van der Waals surface area contributed by atoms with Gasteiger partial charge in [0.1, 0.15) is 5.75 Å². The van der Waals surface area contributed by atoms with Crippen LogP contribution in [0.4, 0.5) is 0 Å². The minimum atomic E-state index is -1.09. The number of benzene rings is 2. The van der Waals surface area contributed by atoms with E-state index in [1.54, 1.807) is 38.3 Å². The Balaban J connectivity index is 2.30. The average Bonchev–Trinajstić information content (AvgIpc) is 2.56. The number of carboxylic acids is 1. The van der Waals surface area contributed by atoms with E-state index in [0.717, 1.165) is 10.6 Å². The van der Waals surface area contributed by atoms with E-state index in [1.807, 2.05) is 12.1 Å². The summed E-state index contributed by atoms with van der Waals surface area (Å²) >= 11 is 1.31. The van der Waals surface area contributed by atoms with Gasteiger partial charge in [-0.1, -0.05) is 11.8 Å². The lowest BCUT2D eigenvalue weighted by molar-refractivity contribution is 0.0526. The molecule has 23 heavy (non-hydrogen) atoms. The average molecular weight is 332 g/mol. The normalized spacial score (nSPS) is 10.2. The summed E-state index contributed by atoms with van der Waals surface area (Å²) in [5, 5.41) is 9.38. The van der Waals surface area contributed by atoms with Gasteiger partial charge in [-0.2, -0.15) is 0 Å². The molecule has 0 radical (unpaired) electrons. The number of hydrogen-bond donors (Lipinski definition) is 1. The molecule has 2 aromatic carbocycles. The van der Waals surface area contributed by atoms with Crippen molar-refractivity contribution in [3.63, 3.8) is 0 Å². The predicted molar refractivity (Wildman–Crippen MR) is 86.5 cm³/mol. The molecule has 1 N–H and O–H groups in total. The van der Waals surface area contributed by atoms with Gasteiger partial charge in [-0.05, 0) is 49.4 Å². The monoisotopic (exact) mass is 332 g/mol. The van der Waals surface area contributed by atoms with E-state index in [9.17, 15) is 14.7 Å². The van der Waals surface area contributed by atoms with Gasteiger partial charge >= 0.3 is 11.9 Å². The second-order valence-electron chi connectivity index (χ2n) is 4.51. The van der Waals surface area contributed by atoms with E-state index in [4.69, 9.17) is 9.47 Å². The molecule has 0 fully saturated rings. The van der Waals surface area contributed by atoms with E-state index in [1.165, 1.54) is 17.8 Å². The van der Waals surface area contributed by atoms with Gasteiger partial charge < -0.3 is 14.6 Å². The van der Waals surface area contributed by atoms with Crippen LogP contribution in [-0.4, -0.2) is 30.8 Å². The SMILES string of the molecule is CCOC(=O)c1ccc(Sc2ccc(OC)cc2)c(C(=O)O)c1. The van der Waals surface area contributed by atoms with Gasteiger partial charge in [0.15, 0.2) is 0 Å². The van der Waals surface area contributed by atoms with Crippen molar-refractivity contribution < 1.29 is 24.2 Å². The Morgan fingerprint density at radius 1 is 1.13 bits per heavy atom. The fourth-order valence-electron chi connectivity index (χ4n) is 1.90. The van der Waals surface area contributed by atoms with Gasteiger partial charge in [-0.3, -0.25) is 0 Å². The first-order valence-electron chi connectivity index (χ1n) is 6.91. The highest BCUT2D eigenvalue weighted by Crippen LogP contribution is 2.32. The van der Waals surface area contributed by atoms with Gasteiger partial charge in [-0.25, -0.2) is 9.59 Å². The van der Waals surface area contributed by atoms with Crippen molar-refractivity contribution in [2.45, 2.75) is 16.7 Å². The maximum absolute atomic E-state index is 11.7. The van der Waals surface area contributed by atoms with Gasteiger partial charge in [0, 0.05) is 9.79 Å². The van der Waals surface area contributed by atoms with Gasteiger partial charge in [0.05, 0.1) is 24.8 Å². The molecule has 0 saturated carbocycles. The molecule has 0 aromatic heterocycles. The molecule has 0 aliphatic rings. The molecule has 0 heterocycles. The number of esters is 1. The highest BCUT2D eigenvalue weighted by Gasteiger charge is 2.16. The first-order valence-corrected chi connectivity index (χ1v) is 7.73. The van der Waals surface area contributed by atoms with Crippen LogP contribution in [-0.2, 0) is 4.74 Å².